The Morgan fingerprint density at radius 2 is 1.94 bits per heavy atom. The molecule has 0 saturated carbocycles. The van der Waals surface area contributed by atoms with Crippen molar-refractivity contribution < 1.29 is 4.57 Å². The fourth-order valence-corrected chi connectivity index (χ4v) is 1.94. The Labute approximate surface area is 101 Å². The Bertz CT molecular complexity index is 549. The molecule has 0 radical (unpaired) electrons. The van der Waals surface area contributed by atoms with Crippen LogP contribution in [0.3, 0.4) is 0 Å². The van der Waals surface area contributed by atoms with Crippen molar-refractivity contribution in [2.75, 3.05) is 0 Å². The van der Waals surface area contributed by atoms with E-state index in [-0.39, 0.29) is 0 Å². The topological polar surface area (TPSA) is 42.5 Å². The van der Waals surface area contributed by atoms with Gasteiger partial charge in [0, 0.05) is 0 Å². The van der Waals surface area contributed by atoms with Crippen molar-refractivity contribution in [1.82, 2.24) is 15.0 Å². The van der Waals surface area contributed by atoms with Gasteiger partial charge in [-0.05, 0) is 32.2 Å². The molecule has 0 unspecified atom stereocenters. The Balaban J connectivity index is 2.60. The molecule has 0 N–H and O–H groups in total. The molecule has 0 bridgehead atoms. The first-order chi connectivity index (χ1) is 8.13. The first-order valence-corrected chi connectivity index (χ1v) is 5.80. The highest BCUT2D eigenvalue weighted by atomic mass is 15.1. The van der Waals surface area contributed by atoms with Gasteiger partial charge in [0.05, 0.1) is 17.6 Å². The van der Waals surface area contributed by atoms with Crippen molar-refractivity contribution in [3.63, 3.8) is 0 Å². The number of aromatic nitrogens is 4. The molecule has 0 atom stereocenters. The van der Waals surface area contributed by atoms with Crippen LogP contribution in [0.2, 0.25) is 0 Å². The van der Waals surface area contributed by atoms with Crippen LogP contribution in [0.15, 0.2) is 18.6 Å². The molecular formula is C13H17N4+. The third-order valence-electron chi connectivity index (χ3n) is 2.83. The summed E-state index contributed by atoms with van der Waals surface area (Å²) in [6, 6.07) is 0. The molecule has 4 nitrogen and oxygen atoms in total. The van der Waals surface area contributed by atoms with Gasteiger partial charge in [-0.25, -0.2) is 4.98 Å². The smallest absolute Gasteiger partial charge is 0.253 e. The van der Waals surface area contributed by atoms with Gasteiger partial charge in [0.15, 0.2) is 6.20 Å². The summed E-state index contributed by atoms with van der Waals surface area (Å²) in [5, 5.41) is 0. The van der Waals surface area contributed by atoms with Crippen molar-refractivity contribution in [3.8, 4) is 5.82 Å². The first kappa shape index (κ1) is 11.6. The van der Waals surface area contributed by atoms with Crippen molar-refractivity contribution in [2.24, 2.45) is 0 Å². The molecule has 0 aliphatic rings. The molecule has 17 heavy (non-hydrogen) atoms. The zero-order chi connectivity index (χ0) is 12.4. The fourth-order valence-electron chi connectivity index (χ4n) is 1.94. The second kappa shape index (κ2) is 4.57. The summed E-state index contributed by atoms with van der Waals surface area (Å²) in [4.78, 5) is 13.3. The molecular weight excluding hydrogens is 212 g/mol. The maximum absolute atomic E-state index is 4.46. The molecule has 0 aromatic carbocycles. The van der Waals surface area contributed by atoms with Gasteiger partial charge in [-0.1, -0.05) is 6.92 Å². The molecule has 0 fully saturated rings. The highest BCUT2D eigenvalue weighted by molar-refractivity contribution is 5.19. The SMILES string of the molecule is CCc1ncc[n+](-c2ncc(C)nc2C)c1C. The summed E-state index contributed by atoms with van der Waals surface area (Å²) >= 11 is 0. The average molecular weight is 229 g/mol. The molecule has 0 spiro atoms. The lowest BCUT2D eigenvalue weighted by atomic mass is 10.2. The molecule has 0 saturated heterocycles. The third-order valence-corrected chi connectivity index (χ3v) is 2.83. The van der Waals surface area contributed by atoms with Crippen LogP contribution in [0.4, 0.5) is 0 Å². The van der Waals surface area contributed by atoms with Gasteiger partial charge in [0.25, 0.3) is 0 Å². The lowest BCUT2D eigenvalue weighted by Gasteiger charge is -2.05. The van der Waals surface area contributed by atoms with Crippen LogP contribution in [-0.2, 0) is 6.42 Å². The number of hydrogen-bond donors (Lipinski definition) is 0. The molecule has 2 rings (SSSR count). The van der Waals surface area contributed by atoms with E-state index >= 15 is 0 Å². The lowest BCUT2D eigenvalue weighted by Crippen LogP contribution is -2.37. The van der Waals surface area contributed by atoms with E-state index in [4.69, 9.17) is 0 Å². The van der Waals surface area contributed by atoms with E-state index in [0.29, 0.717) is 0 Å². The van der Waals surface area contributed by atoms with E-state index in [0.717, 1.165) is 35.0 Å². The van der Waals surface area contributed by atoms with Crippen LogP contribution in [0.25, 0.3) is 5.82 Å². The quantitative estimate of drug-likeness (QED) is 0.735. The van der Waals surface area contributed by atoms with E-state index in [1.165, 1.54) is 0 Å². The minimum atomic E-state index is 0.880. The maximum Gasteiger partial charge on any atom is 0.349 e. The van der Waals surface area contributed by atoms with Gasteiger partial charge in [-0.15, -0.1) is 0 Å². The van der Waals surface area contributed by atoms with E-state index < -0.39 is 0 Å². The van der Waals surface area contributed by atoms with E-state index in [1.807, 2.05) is 30.8 Å². The normalized spacial score (nSPS) is 10.6. The van der Waals surface area contributed by atoms with Crippen LogP contribution >= 0.6 is 0 Å². The molecule has 0 aliphatic heterocycles. The second-order valence-corrected chi connectivity index (χ2v) is 4.10. The molecule has 0 amide bonds. The summed E-state index contributed by atoms with van der Waals surface area (Å²) in [5.74, 6) is 0.880. The van der Waals surface area contributed by atoms with Gasteiger partial charge in [-0.2, -0.15) is 4.57 Å². The van der Waals surface area contributed by atoms with Crippen LogP contribution in [0.1, 0.15) is 29.7 Å². The van der Waals surface area contributed by atoms with E-state index in [9.17, 15) is 0 Å². The van der Waals surface area contributed by atoms with Crippen LogP contribution in [0.5, 0.6) is 0 Å². The zero-order valence-electron chi connectivity index (χ0n) is 10.7. The minimum Gasteiger partial charge on any atom is -0.253 e. The molecule has 88 valence electrons. The number of rotatable bonds is 2. The summed E-state index contributed by atoms with van der Waals surface area (Å²) in [5.41, 5.74) is 4.09. The molecule has 2 aromatic rings. The van der Waals surface area contributed by atoms with E-state index in [2.05, 4.69) is 28.8 Å². The monoisotopic (exact) mass is 229 g/mol. The molecule has 4 heteroatoms. The van der Waals surface area contributed by atoms with Gasteiger partial charge in [0.1, 0.15) is 17.6 Å². The Morgan fingerprint density at radius 1 is 1.18 bits per heavy atom. The van der Waals surface area contributed by atoms with Crippen LogP contribution < -0.4 is 4.57 Å². The average Bonchev–Trinajstić information content (AvgIpc) is 2.30. The largest absolute Gasteiger partial charge is 0.349 e. The van der Waals surface area contributed by atoms with Crippen LogP contribution in [0, 0.1) is 20.8 Å². The van der Waals surface area contributed by atoms with Gasteiger partial charge in [0.2, 0.25) is 0 Å². The van der Waals surface area contributed by atoms with Crippen molar-refractivity contribution in [3.05, 3.63) is 41.4 Å². The summed E-state index contributed by atoms with van der Waals surface area (Å²) in [6.07, 6.45) is 6.46. The summed E-state index contributed by atoms with van der Waals surface area (Å²) in [6.45, 7) is 8.10. The van der Waals surface area contributed by atoms with Gasteiger partial charge in [-0.3, -0.25) is 4.98 Å². The van der Waals surface area contributed by atoms with Gasteiger partial charge >= 0.3 is 5.82 Å². The van der Waals surface area contributed by atoms with Crippen molar-refractivity contribution >= 4 is 0 Å². The highest BCUT2D eigenvalue weighted by Crippen LogP contribution is 2.06. The highest BCUT2D eigenvalue weighted by Gasteiger charge is 2.17. The standard InChI is InChI=1S/C13H17N4/c1-5-12-11(4)17(7-6-14-12)13-10(3)16-9(2)8-15-13/h6-8H,5H2,1-4H3/q+1. The third kappa shape index (κ3) is 2.16. The molecule has 2 aromatic heterocycles. The lowest BCUT2D eigenvalue weighted by molar-refractivity contribution is -0.608. The zero-order valence-corrected chi connectivity index (χ0v) is 10.7. The van der Waals surface area contributed by atoms with E-state index in [1.54, 1.807) is 6.20 Å². The molecule has 2 heterocycles. The number of aryl methyl sites for hydroxylation is 3. The minimum absolute atomic E-state index is 0.880. The Morgan fingerprint density at radius 3 is 2.59 bits per heavy atom. The Kier molecular flexibility index (Phi) is 3.13. The maximum atomic E-state index is 4.46. The predicted octanol–water partition coefficient (Wildman–Crippen LogP) is 1.64. The van der Waals surface area contributed by atoms with Gasteiger partial charge < -0.3 is 0 Å². The summed E-state index contributed by atoms with van der Waals surface area (Å²) < 4.78 is 2.05. The molecule has 0 aliphatic carbocycles. The number of nitrogens with zero attached hydrogens (tertiary/aromatic N) is 4. The Hall–Kier alpha value is -1.84. The number of hydrogen-bond acceptors (Lipinski definition) is 3. The van der Waals surface area contributed by atoms with Crippen molar-refractivity contribution in [1.29, 1.82) is 0 Å². The fraction of sp³-hybridized carbons (Fsp3) is 0.385. The van der Waals surface area contributed by atoms with Crippen LogP contribution in [-0.4, -0.2) is 15.0 Å². The van der Waals surface area contributed by atoms with Crippen molar-refractivity contribution in [2.45, 2.75) is 34.1 Å². The second-order valence-electron chi connectivity index (χ2n) is 4.10. The predicted molar refractivity (Wildman–Crippen MR) is 64.9 cm³/mol. The first-order valence-electron chi connectivity index (χ1n) is 5.80. The summed E-state index contributed by atoms with van der Waals surface area (Å²) in [7, 11) is 0.